The van der Waals surface area contributed by atoms with Gasteiger partial charge in [-0.05, 0) is 26.0 Å². The molecule has 0 spiro atoms. The van der Waals surface area contributed by atoms with E-state index in [1.807, 2.05) is 24.5 Å². The Morgan fingerprint density at radius 3 is 2.75 bits per heavy atom. The highest BCUT2D eigenvalue weighted by Gasteiger charge is 2.10. The van der Waals surface area contributed by atoms with Gasteiger partial charge in [-0.25, -0.2) is 15.0 Å². The molecule has 0 radical (unpaired) electrons. The number of nitrogen functional groups attached to an aromatic ring is 1. The van der Waals surface area contributed by atoms with Crippen LogP contribution in [0.1, 0.15) is 17.3 Å². The highest BCUT2D eigenvalue weighted by molar-refractivity contribution is 5.59. The fourth-order valence-corrected chi connectivity index (χ4v) is 2.00. The van der Waals surface area contributed by atoms with Gasteiger partial charge in [-0.2, -0.15) is 0 Å². The van der Waals surface area contributed by atoms with Crippen LogP contribution in [-0.4, -0.2) is 19.5 Å². The molecule has 3 aromatic heterocycles. The van der Waals surface area contributed by atoms with Crippen LogP contribution < -0.4 is 5.73 Å². The van der Waals surface area contributed by atoms with Crippen LogP contribution in [-0.2, 0) is 6.54 Å². The van der Waals surface area contributed by atoms with Crippen LogP contribution in [0.5, 0.6) is 0 Å². The molecule has 0 amide bonds. The van der Waals surface area contributed by atoms with Gasteiger partial charge in [0, 0.05) is 11.8 Å². The third-order valence-corrected chi connectivity index (χ3v) is 3.17. The fourth-order valence-electron chi connectivity index (χ4n) is 2.00. The predicted molar refractivity (Wildman–Crippen MR) is 74.9 cm³/mol. The van der Waals surface area contributed by atoms with E-state index in [4.69, 9.17) is 10.2 Å². The maximum atomic E-state index is 5.60. The SMILES string of the molecule is Cc1nc(Cn2cncc2-c2ccc(N)nc2)oc1C. The minimum atomic E-state index is 0.499. The molecule has 0 saturated carbocycles. The van der Waals surface area contributed by atoms with Crippen molar-refractivity contribution in [2.24, 2.45) is 0 Å². The zero-order chi connectivity index (χ0) is 14.1. The summed E-state index contributed by atoms with van der Waals surface area (Å²) in [4.78, 5) is 12.7. The highest BCUT2D eigenvalue weighted by atomic mass is 16.4. The Morgan fingerprint density at radius 1 is 1.25 bits per heavy atom. The molecule has 3 aromatic rings. The maximum absolute atomic E-state index is 5.60. The molecule has 0 fully saturated rings. The number of rotatable bonds is 3. The largest absolute Gasteiger partial charge is 0.444 e. The van der Waals surface area contributed by atoms with Crippen LogP contribution in [0.3, 0.4) is 0 Å². The lowest BCUT2D eigenvalue weighted by Crippen LogP contribution is -2.01. The maximum Gasteiger partial charge on any atom is 0.214 e. The van der Waals surface area contributed by atoms with Gasteiger partial charge in [0.2, 0.25) is 5.89 Å². The molecule has 6 nitrogen and oxygen atoms in total. The van der Waals surface area contributed by atoms with Crippen molar-refractivity contribution in [3.8, 4) is 11.3 Å². The standard InChI is InChI=1S/C14H15N5O/c1-9-10(2)20-14(18-9)7-19-8-16-6-12(19)11-3-4-13(15)17-5-11/h3-6,8H,7H2,1-2H3,(H2,15,17). The summed E-state index contributed by atoms with van der Waals surface area (Å²) in [6, 6.07) is 3.69. The first kappa shape index (κ1) is 12.4. The first-order valence-electron chi connectivity index (χ1n) is 6.28. The smallest absolute Gasteiger partial charge is 0.214 e. The zero-order valence-corrected chi connectivity index (χ0v) is 11.4. The van der Waals surface area contributed by atoms with Crippen LogP contribution >= 0.6 is 0 Å². The molecule has 0 aliphatic heterocycles. The molecule has 0 unspecified atom stereocenters. The van der Waals surface area contributed by atoms with E-state index < -0.39 is 0 Å². The lowest BCUT2D eigenvalue weighted by molar-refractivity contribution is 0.457. The van der Waals surface area contributed by atoms with Crippen LogP contribution in [0.15, 0.2) is 35.3 Å². The number of anilines is 1. The van der Waals surface area contributed by atoms with E-state index in [-0.39, 0.29) is 0 Å². The molecule has 0 aliphatic rings. The second-order valence-electron chi connectivity index (χ2n) is 4.63. The summed E-state index contributed by atoms with van der Waals surface area (Å²) in [6.45, 7) is 4.37. The minimum Gasteiger partial charge on any atom is -0.444 e. The summed E-state index contributed by atoms with van der Waals surface area (Å²) in [7, 11) is 0. The van der Waals surface area contributed by atoms with E-state index in [1.54, 1.807) is 24.8 Å². The lowest BCUT2D eigenvalue weighted by atomic mass is 10.2. The normalized spacial score (nSPS) is 10.9. The Hall–Kier alpha value is -2.63. The van der Waals surface area contributed by atoms with E-state index in [0.717, 1.165) is 22.7 Å². The summed E-state index contributed by atoms with van der Waals surface area (Å²) >= 11 is 0. The van der Waals surface area contributed by atoms with Gasteiger partial charge in [-0.1, -0.05) is 0 Å². The number of nitrogens with two attached hydrogens (primary N) is 1. The first-order valence-corrected chi connectivity index (χ1v) is 6.28. The third-order valence-electron chi connectivity index (χ3n) is 3.17. The minimum absolute atomic E-state index is 0.499. The number of nitrogens with zero attached hydrogens (tertiary/aromatic N) is 4. The van der Waals surface area contributed by atoms with Crippen LogP contribution in [0.4, 0.5) is 5.82 Å². The summed E-state index contributed by atoms with van der Waals surface area (Å²) in [5.74, 6) is 2.01. The van der Waals surface area contributed by atoms with Crippen LogP contribution in [0, 0.1) is 13.8 Å². The summed E-state index contributed by atoms with van der Waals surface area (Å²) in [6.07, 6.45) is 5.27. The molecule has 20 heavy (non-hydrogen) atoms. The van der Waals surface area contributed by atoms with Crippen molar-refractivity contribution in [2.75, 3.05) is 5.73 Å². The van der Waals surface area contributed by atoms with Crippen molar-refractivity contribution in [3.63, 3.8) is 0 Å². The molecule has 102 valence electrons. The quantitative estimate of drug-likeness (QED) is 0.788. The fraction of sp³-hybridized carbons (Fsp3) is 0.214. The van der Waals surface area contributed by atoms with E-state index in [1.165, 1.54) is 0 Å². The molecular formula is C14H15N5O. The molecule has 0 aliphatic carbocycles. The van der Waals surface area contributed by atoms with E-state index >= 15 is 0 Å². The van der Waals surface area contributed by atoms with Gasteiger partial charge >= 0.3 is 0 Å². The number of hydrogen-bond acceptors (Lipinski definition) is 5. The number of oxazole rings is 1. The van der Waals surface area contributed by atoms with Gasteiger partial charge in [0.15, 0.2) is 0 Å². The van der Waals surface area contributed by atoms with Gasteiger partial charge in [-0.3, -0.25) is 0 Å². The monoisotopic (exact) mass is 269 g/mol. The molecule has 0 atom stereocenters. The van der Waals surface area contributed by atoms with Crippen molar-refractivity contribution in [1.82, 2.24) is 19.5 Å². The molecule has 2 N–H and O–H groups in total. The second-order valence-corrected chi connectivity index (χ2v) is 4.63. The van der Waals surface area contributed by atoms with Gasteiger partial charge in [0.25, 0.3) is 0 Å². The predicted octanol–water partition coefficient (Wildman–Crippen LogP) is 2.18. The average molecular weight is 269 g/mol. The Morgan fingerprint density at radius 2 is 2.10 bits per heavy atom. The first-order chi connectivity index (χ1) is 9.63. The second kappa shape index (κ2) is 4.80. The number of aryl methyl sites for hydroxylation is 2. The summed E-state index contributed by atoms with van der Waals surface area (Å²) in [5, 5.41) is 0. The van der Waals surface area contributed by atoms with E-state index in [9.17, 15) is 0 Å². The van der Waals surface area contributed by atoms with Crippen molar-refractivity contribution < 1.29 is 4.42 Å². The Bertz CT molecular complexity index is 707. The molecule has 0 bridgehead atoms. The van der Waals surface area contributed by atoms with Crippen molar-refractivity contribution in [2.45, 2.75) is 20.4 Å². The Labute approximate surface area is 116 Å². The van der Waals surface area contributed by atoms with Gasteiger partial charge in [-0.15, -0.1) is 0 Å². The van der Waals surface area contributed by atoms with Gasteiger partial charge in [0.1, 0.15) is 18.1 Å². The van der Waals surface area contributed by atoms with Gasteiger partial charge < -0.3 is 14.7 Å². The van der Waals surface area contributed by atoms with E-state index in [2.05, 4.69) is 15.0 Å². The van der Waals surface area contributed by atoms with Crippen molar-refractivity contribution >= 4 is 5.82 Å². The molecule has 0 aromatic carbocycles. The van der Waals surface area contributed by atoms with Crippen LogP contribution in [0.25, 0.3) is 11.3 Å². The molecular weight excluding hydrogens is 254 g/mol. The topological polar surface area (TPSA) is 82.8 Å². The van der Waals surface area contributed by atoms with E-state index in [0.29, 0.717) is 18.3 Å². The summed E-state index contributed by atoms with van der Waals surface area (Å²) < 4.78 is 7.57. The lowest BCUT2D eigenvalue weighted by Gasteiger charge is -2.05. The third kappa shape index (κ3) is 2.27. The Balaban J connectivity index is 1.92. The van der Waals surface area contributed by atoms with Crippen molar-refractivity contribution in [1.29, 1.82) is 0 Å². The zero-order valence-electron chi connectivity index (χ0n) is 11.4. The Kier molecular flexibility index (Phi) is 2.98. The molecule has 3 rings (SSSR count). The van der Waals surface area contributed by atoms with Gasteiger partial charge in [0.05, 0.1) is 23.9 Å². The average Bonchev–Trinajstić information content (AvgIpc) is 2.99. The molecule has 3 heterocycles. The number of imidazole rings is 1. The van der Waals surface area contributed by atoms with Crippen molar-refractivity contribution in [3.05, 3.63) is 48.2 Å². The number of hydrogen-bond donors (Lipinski definition) is 1. The number of aromatic nitrogens is 4. The molecule has 6 heteroatoms. The molecule has 0 saturated heterocycles. The highest BCUT2D eigenvalue weighted by Crippen LogP contribution is 2.20. The van der Waals surface area contributed by atoms with Crippen LogP contribution in [0.2, 0.25) is 0 Å². The number of pyridine rings is 1. The summed E-state index contributed by atoms with van der Waals surface area (Å²) in [5.41, 5.74) is 8.42.